The molecule has 0 saturated heterocycles. The van der Waals surface area contributed by atoms with Crippen LogP contribution < -0.4 is 0 Å². The fourth-order valence-corrected chi connectivity index (χ4v) is 6.79. The van der Waals surface area contributed by atoms with Crippen molar-refractivity contribution in [3.8, 4) is 22.5 Å². The van der Waals surface area contributed by atoms with Gasteiger partial charge in [-0.3, -0.25) is 0 Å². The van der Waals surface area contributed by atoms with Crippen LogP contribution in [0.4, 0.5) is 0 Å². The Morgan fingerprint density at radius 2 is 1.05 bits per heavy atom. The van der Waals surface area contributed by atoms with Crippen LogP contribution in [0.25, 0.3) is 55.3 Å². The summed E-state index contributed by atoms with van der Waals surface area (Å²) in [5.41, 5.74) is 12.8. The molecule has 0 aliphatic heterocycles. The van der Waals surface area contributed by atoms with Crippen LogP contribution in [0.5, 0.6) is 0 Å². The summed E-state index contributed by atoms with van der Waals surface area (Å²) < 4.78 is 4.96. The van der Waals surface area contributed by atoms with Crippen LogP contribution in [-0.2, 0) is 5.41 Å². The molecule has 176 valence electrons. The zero-order valence-electron chi connectivity index (χ0n) is 20.9. The zero-order valence-corrected chi connectivity index (χ0v) is 20.9. The highest BCUT2D eigenvalue weighted by Crippen LogP contribution is 2.52. The van der Waals surface area contributed by atoms with Crippen LogP contribution in [-0.4, -0.2) is 9.13 Å². The third-order valence-corrected chi connectivity index (χ3v) is 8.29. The van der Waals surface area contributed by atoms with E-state index in [1.165, 1.54) is 66.5 Å². The Morgan fingerprint density at radius 3 is 1.81 bits per heavy atom. The van der Waals surface area contributed by atoms with Crippen molar-refractivity contribution in [3.63, 3.8) is 0 Å². The van der Waals surface area contributed by atoms with Crippen molar-refractivity contribution in [2.24, 2.45) is 0 Å². The molecule has 0 N–H and O–H groups in total. The Balaban J connectivity index is 1.59. The van der Waals surface area contributed by atoms with Crippen molar-refractivity contribution in [1.82, 2.24) is 9.13 Å². The normalized spacial score (nSPS) is 13.9. The first kappa shape index (κ1) is 20.6. The first-order valence-electron chi connectivity index (χ1n) is 13.0. The molecule has 1 aliphatic rings. The van der Waals surface area contributed by atoms with E-state index in [-0.39, 0.29) is 5.41 Å². The number of rotatable bonds is 2. The van der Waals surface area contributed by atoms with Crippen molar-refractivity contribution in [2.75, 3.05) is 0 Å². The fourth-order valence-electron chi connectivity index (χ4n) is 6.79. The SMILES string of the molecule is CC1(C)c2ccccc2-c2cccc(-n3c4ccccc4c4c3c3ccccc3n4-c3ccccc3)c21. The van der Waals surface area contributed by atoms with Gasteiger partial charge in [-0.2, -0.15) is 0 Å². The second-order valence-corrected chi connectivity index (χ2v) is 10.6. The zero-order chi connectivity index (χ0) is 24.7. The predicted molar refractivity (Wildman–Crippen MR) is 155 cm³/mol. The van der Waals surface area contributed by atoms with Crippen molar-refractivity contribution in [1.29, 1.82) is 0 Å². The molecule has 0 atom stereocenters. The van der Waals surface area contributed by atoms with E-state index in [0.717, 1.165) is 0 Å². The Kier molecular flexibility index (Phi) is 4.03. The Hall–Kier alpha value is -4.56. The molecule has 8 rings (SSSR count). The molecule has 2 heteroatoms. The van der Waals surface area contributed by atoms with Gasteiger partial charge in [0.15, 0.2) is 0 Å². The number of hydrogen-bond acceptors (Lipinski definition) is 0. The molecule has 2 nitrogen and oxygen atoms in total. The van der Waals surface area contributed by atoms with E-state index in [4.69, 9.17) is 0 Å². The lowest BCUT2D eigenvalue weighted by Gasteiger charge is -2.25. The highest BCUT2D eigenvalue weighted by atomic mass is 15.1. The van der Waals surface area contributed by atoms with Gasteiger partial charge in [-0.25, -0.2) is 0 Å². The highest BCUT2D eigenvalue weighted by Gasteiger charge is 2.38. The minimum absolute atomic E-state index is 0.0992. The first-order chi connectivity index (χ1) is 18.2. The third-order valence-electron chi connectivity index (χ3n) is 8.29. The molecule has 7 aromatic rings. The maximum Gasteiger partial charge on any atom is 0.0803 e. The van der Waals surface area contributed by atoms with Crippen molar-refractivity contribution < 1.29 is 0 Å². The summed E-state index contributed by atoms with van der Waals surface area (Å²) >= 11 is 0. The number of fused-ring (bicyclic) bond motifs is 8. The van der Waals surface area contributed by atoms with Crippen LogP contribution in [0.2, 0.25) is 0 Å². The minimum atomic E-state index is -0.0992. The molecule has 0 unspecified atom stereocenters. The van der Waals surface area contributed by atoms with Gasteiger partial charge in [-0.15, -0.1) is 0 Å². The Bertz CT molecular complexity index is 1990. The largest absolute Gasteiger partial charge is 0.307 e. The molecular weight excluding hydrogens is 448 g/mol. The molecule has 37 heavy (non-hydrogen) atoms. The maximum absolute atomic E-state index is 2.53. The van der Waals surface area contributed by atoms with Crippen LogP contribution in [0.15, 0.2) is 121 Å². The van der Waals surface area contributed by atoms with Gasteiger partial charge in [0.2, 0.25) is 0 Å². The first-order valence-corrected chi connectivity index (χ1v) is 13.0. The topological polar surface area (TPSA) is 9.86 Å². The quantitative estimate of drug-likeness (QED) is 0.236. The molecule has 0 fully saturated rings. The molecule has 0 radical (unpaired) electrons. The lowest BCUT2D eigenvalue weighted by Crippen LogP contribution is -2.17. The van der Waals surface area contributed by atoms with E-state index in [2.05, 4.69) is 144 Å². The van der Waals surface area contributed by atoms with Crippen molar-refractivity contribution >= 4 is 32.8 Å². The number of aromatic nitrogens is 2. The predicted octanol–water partition coefficient (Wildman–Crippen LogP) is 9.03. The highest BCUT2D eigenvalue weighted by molar-refractivity contribution is 6.20. The van der Waals surface area contributed by atoms with Gasteiger partial charge >= 0.3 is 0 Å². The lowest BCUT2D eigenvalue weighted by molar-refractivity contribution is 0.656. The summed E-state index contributed by atoms with van der Waals surface area (Å²) in [6.07, 6.45) is 0. The van der Waals surface area contributed by atoms with Gasteiger partial charge < -0.3 is 9.13 Å². The lowest BCUT2D eigenvalue weighted by atomic mass is 9.81. The van der Waals surface area contributed by atoms with E-state index in [0.29, 0.717) is 0 Å². The molecule has 2 heterocycles. The van der Waals surface area contributed by atoms with E-state index in [1.54, 1.807) is 0 Å². The summed E-state index contributed by atoms with van der Waals surface area (Å²) in [6.45, 7) is 4.74. The minimum Gasteiger partial charge on any atom is -0.307 e. The van der Waals surface area contributed by atoms with E-state index < -0.39 is 0 Å². The number of hydrogen-bond donors (Lipinski definition) is 0. The Labute approximate surface area is 216 Å². The third kappa shape index (κ3) is 2.60. The van der Waals surface area contributed by atoms with Gasteiger partial charge in [0.05, 0.1) is 27.8 Å². The number of nitrogens with zero attached hydrogens (tertiary/aromatic N) is 2. The monoisotopic (exact) mass is 474 g/mol. The van der Waals surface area contributed by atoms with E-state index >= 15 is 0 Å². The average molecular weight is 475 g/mol. The summed E-state index contributed by atoms with van der Waals surface area (Å²) in [7, 11) is 0. The fraction of sp³-hybridized carbons (Fsp3) is 0.0857. The van der Waals surface area contributed by atoms with Crippen LogP contribution >= 0.6 is 0 Å². The second kappa shape index (κ2) is 7.24. The molecular formula is C35H26N2. The molecule has 5 aromatic carbocycles. The van der Waals surface area contributed by atoms with Gasteiger partial charge in [0.1, 0.15) is 0 Å². The van der Waals surface area contributed by atoms with E-state index in [1.807, 2.05) is 0 Å². The van der Waals surface area contributed by atoms with E-state index in [9.17, 15) is 0 Å². The summed E-state index contributed by atoms with van der Waals surface area (Å²) in [5.74, 6) is 0. The van der Waals surface area contributed by atoms with Gasteiger partial charge in [0, 0.05) is 21.9 Å². The van der Waals surface area contributed by atoms with Crippen LogP contribution in [0.3, 0.4) is 0 Å². The van der Waals surface area contributed by atoms with Crippen molar-refractivity contribution in [2.45, 2.75) is 19.3 Å². The molecule has 2 aromatic heterocycles. The van der Waals surface area contributed by atoms with Gasteiger partial charge in [0.25, 0.3) is 0 Å². The van der Waals surface area contributed by atoms with Crippen LogP contribution in [0.1, 0.15) is 25.0 Å². The molecule has 1 aliphatic carbocycles. The van der Waals surface area contributed by atoms with Gasteiger partial charge in [-0.05, 0) is 52.6 Å². The summed E-state index contributed by atoms with van der Waals surface area (Å²) in [5, 5.41) is 2.53. The van der Waals surface area contributed by atoms with Gasteiger partial charge in [-0.1, -0.05) is 105 Å². The van der Waals surface area contributed by atoms with Crippen molar-refractivity contribution in [3.05, 3.63) is 132 Å². The Morgan fingerprint density at radius 1 is 0.486 bits per heavy atom. The second-order valence-electron chi connectivity index (χ2n) is 10.6. The maximum atomic E-state index is 2.53. The number of para-hydroxylation sites is 3. The molecule has 0 bridgehead atoms. The smallest absolute Gasteiger partial charge is 0.0803 e. The standard InChI is InChI=1S/C35H26N2/c1-35(2)28-19-9-6-15-24(28)25-18-12-22-31(32(25)35)37-30-21-11-8-17-27(30)33-34(37)26-16-7-10-20-29(26)36(33)23-13-4-3-5-14-23/h3-22H,1-2H3. The molecule has 0 spiro atoms. The molecule has 0 amide bonds. The summed E-state index contributed by atoms with van der Waals surface area (Å²) in [4.78, 5) is 0. The number of benzene rings is 5. The summed E-state index contributed by atoms with van der Waals surface area (Å²) in [6, 6.07) is 44.2. The average Bonchev–Trinajstić information content (AvgIpc) is 3.53. The van der Waals surface area contributed by atoms with Crippen LogP contribution in [0, 0.1) is 0 Å². The molecule has 0 saturated carbocycles.